The third-order valence-corrected chi connectivity index (χ3v) is 6.51. The summed E-state index contributed by atoms with van der Waals surface area (Å²) < 4.78 is 2.21. The summed E-state index contributed by atoms with van der Waals surface area (Å²) >= 11 is 0. The fourth-order valence-electron chi connectivity index (χ4n) is 5.13. The Balaban J connectivity index is 1.99. The van der Waals surface area contributed by atoms with Gasteiger partial charge in [0.1, 0.15) is 5.65 Å². The molecule has 3 atom stereocenters. The van der Waals surface area contributed by atoms with Crippen LogP contribution in [0.4, 0.5) is 0 Å². The molecule has 5 rings (SSSR count). The third-order valence-electron chi connectivity index (χ3n) is 6.51. The molecule has 0 radical (unpaired) electrons. The number of fused-ring (bicyclic) bond motifs is 9. The highest BCUT2D eigenvalue weighted by Crippen LogP contribution is 2.56. The molecule has 1 fully saturated rings. The van der Waals surface area contributed by atoms with Gasteiger partial charge in [0.05, 0.1) is 0 Å². The summed E-state index contributed by atoms with van der Waals surface area (Å²) in [6.07, 6.45) is 5.60. The quantitative estimate of drug-likeness (QED) is 0.588. The largest absolute Gasteiger partial charge is 0.304 e. The summed E-state index contributed by atoms with van der Waals surface area (Å²) in [7, 11) is 0. The van der Waals surface area contributed by atoms with Gasteiger partial charge < -0.3 is 4.40 Å². The maximum atomic E-state index is 12.9. The molecule has 0 saturated heterocycles. The summed E-state index contributed by atoms with van der Waals surface area (Å²) in [5.74, 6) is 0.999. The molecule has 0 N–H and O–H groups in total. The number of aromatic nitrogens is 2. The van der Waals surface area contributed by atoms with E-state index in [9.17, 15) is 4.79 Å². The fraction of sp³-hybridized carbons (Fsp3) is 0.400. The van der Waals surface area contributed by atoms with Crippen molar-refractivity contribution in [1.82, 2.24) is 9.38 Å². The van der Waals surface area contributed by atoms with Gasteiger partial charge in [-0.1, -0.05) is 44.5 Å². The van der Waals surface area contributed by atoms with E-state index in [0.29, 0.717) is 11.8 Å². The zero-order valence-corrected chi connectivity index (χ0v) is 13.5. The Hall–Kier alpha value is -2.16. The van der Waals surface area contributed by atoms with E-state index in [1.54, 1.807) is 0 Å². The highest BCUT2D eigenvalue weighted by molar-refractivity contribution is 5.93. The van der Waals surface area contributed by atoms with E-state index < -0.39 is 0 Å². The topological polar surface area (TPSA) is 34.4 Å². The molecule has 0 amide bonds. The molecule has 3 nitrogen and oxygen atoms in total. The summed E-state index contributed by atoms with van der Waals surface area (Å²) in [4.78, 5) is 17.5. The predicted octanol–water partition coefficient (Wildman–Crippen LogP) is 4.02. The van der Waals surface area contributed by atoms with E-state index >= 15 is 0 Å². The van der Waals surface area contributed by atoms with Gasteiger partial charge in [-0.3, -0.25) is 4.79 Å². The van der Waals surface area contributed by atoms with Crippen molar-refractivity contribution >= 4 is 16.4 Å². The van der Waals surface area contributed by atoms with Crippen molar-refractivity contribution in [1.29, 1.82) is 0 Å². The second kappa shape index (κ2) is 4.22. The lowest BCUT2D eigenvalue weighted by atomic mass is 9.67. The molecular formula is C20H20N2O. The van der Waals surface area contributed by atoms with E-state index in [0.717, 1.165) is 28.4 Å². The number of hydrogen-bond acceptors (Lipinski definition) is 2. The first-order chi connectivity index (χ1) is 11.1. The van der Waals surface area contributed by atoms with E-state index in [1.165, 1.54) is 18.5 Å². The molecule has 3 heteroatoms. The average Bonchev–Trinajstić information content (AvgIpc) is 2.69. The molecule has 1 saturated carbocycles. The fourth-order valence-corrected chi connectivity index (χ4v) is 5.13. The monoisotopic (exact) mass is 304 g/mol. The SMILES string of the molecule is CC1C2CCCC1(C)c1c2n2ccc3ccccc3c2nc1=O. The Labute approximate surface area is 135 Å². The van der Waals surface area contributed by atoms with Crippen LogP contribution in [0.3, 0.4) is 0 Å². The molecule has 2 aliphatic rings. The number of hydrogen-bond donors (Lipinski definition) is 0. The van der Waals surface area contributed by atoms with E-state index in [-0.39, 0.29) is 11.0 Å². The zero-order chi connectivity index (χ0) is 15.8. The van der Waals surface area contributed by atoms with Crippen LogP contribution in [-0.4, -0.2) is 9.38 Å². The minimum absolute atomic E-state index is 0.00453. The van der Waals surface area contributed by atoms with Crippen LogP contribution in [0.5, 0.6) is 0 Å². The Morgan fingerprint density at radius 1 is 1.26 bits per heavy atom. The lowest BCUT2D eigenvalue weighted by Crippen LogP contribution is -2.34. The van der Waals surface area contributed by atoms with Crippen molar-refractivity contribution in [3.8, 4) is 0 Å². The first-order valence-electron chi connectivity index (χ1n) is 8.56. The van der Waals surface area contributed by atoms with Crippen LogP contribution >= 0.6 is 0 Å². The molecule has 1 aromatic carbocycles. The van der Waals surface area contributed by atoms with Gasteiger partial charge in [0.15, 0.2) is 0 Å². The van der Waals surface area contributed by atoms with E-state index in [1.807, 2.05) is 12.1 Å². The molecule has 0 aliphatic heterocycles. The van der Waals surface area contributed by atoms with Crippen LogP contribution in [0.25, 0.3) is 16.4 Å². The molecule has 0 spiro atoms. The van der Waals surface area contributed by atoms with Crippen molar-refractivity contribution in [3.63, 3.8) is 0 Å². The molecule has 23 heavy (non-hydrogen) atoms. The van der Waals surface area contributed by atoms with Gasteiger partial charge >= 0.3 is 0 Å². The minimum Gasteiger partial charge on any atom is -0.304 e. The second-order valence-corrected chi connectivity index (χ2v) is 7.48. The average molecular weight is 304 g/mol. The summed E-state index contributed by atoms with van der Waals surface area (Å²) in [6.45, 7) is 4.59. The molecular weight excluding hydrogens is 284 g/mol. The maximum Gasteiger partial charge on any atom is 0.277 e. The Morgan fingerprint density at radius 2 is 2.09 bits per heavy atom. The first-order valence-corrected chi connectivity index (χ1v) is 8.56. The Morgan fingerprint density at radius 3 is 2.96 bits per heavy atom. The molecule has 3 unspecified atom stereocenters. The highest BCUT2D eigenvalue weighted by atomic mass is 16.1. The number of benzene rings is 1. The maximum absolute atomic E-state index is 12.9. The first kappa shape index (κ1) is 13.3. The van der Waals surface area contributed by atoms with Crippen LogP contribution in [0, 0.1) is 5.92 Å². The molecule has 2 aliphatic carbocycles. The van der Waals surface area contributed by atoms with Crippen LogP contribution in [0.15, 0.2) is 41.3 Å². The molecule has 3 aromatic rings. The van der Waals surface area contributed by atoms with Crippen molar-refractivity contribution in [2.75, 3.05) is 0 Å². The zero-order valence-electron chi connectivity index (χ0n) is 13.5. The van der Waals surface area contributed by atoms with E-state index in [2.05, 4.69) is 47.6 Å². The Kier molecular flexibility index (Phi) is 2.44. The van der Waals surface area contributed by atoms with Gasteiger partial charge in [0.2, 0.25) is 0 Å². The van der Waals surface area contributed by atoms with Crippen LogP contribution < -0.4 is 5.56 Å². The van der Waals surface area contributed by atoms with Crippen molar-refractivity contribution in [2.24, 2.45) is 5.92 Å². The highest BCUT2D eigenvalue weighted by Gasteiger charge is 2.52. The lowest BCUT2D eigenvalue weighted by molar-refractivity contribution is 0.221. The van der Waals surface area contributed by atoms with Gasteiger partial charge in [-0.15, -0.1) is 0 Å². The van der Waals surface area contributed by atoms with Gasteiger partial charge in [-0.05, 0) is 30.2 Å². The molecule has 2 heterocycles. The Bertz CT molecular complexity index is 1020. The summed E-state index contributed by atoms with van der Waals surface area (Å²) in [6, 6.07) is 10.3. The standard InChI is InChI=1S/C20H20N2O/c1-12-14-8-5-10-20(12,2)16-17(14)22-11-9-13-6-3-4-7-15(13)18(22)21-19(16)23/h3-4,6-7,9,11-12,14H,5,8,10H2,1-2H3. The van der Waals surface area contributed by atoms with Gasteiger partial charge in [-0.2, -0.15) is 4.98 Å². The number of pyridine rings is 1. The minimum atomic E-state index is -0.00479. The normalized spacial score (nSPS) is 29.1. The predicted molar refractivity (Wildman–Crippen MR) is 92.1 cm³/mol. The number of rotatable bonds is 0. The molecule has 2 aromatic heterocycles. The number of nitrogens with zero attached hydrogens (tertiary/aromatic N) is 2. The summed E-state index contributed by atoms with van der Waals surface area (Å²) in [5.41, 5.74) is 3.03. The van der Waals surface area contributed by atoms with Crippen LogP contribution in [-0.2, 0) is 5.41 Å². The van der Waals surface area contributed by atoms with Gasteiger partial charge in [0.25, 0.3) is 5.56 Å². The molecule has 116 valence electrons. The summed E-state index contributed by atoms with van der Waals surface area (Å²) in [5, 5.41) is 2.20. The second-order valence-electron chi connectivity index (χ2n) is 7.48. The van der Waals surface area contributed by atoms with Crippen LogP contribution in [0.2, 0.25) is 0 Å². The third kappa shape index (κ3) is 1.50. The smallest absolute Gasteiger partial charge is 0.277 e. The van der Waals surface area contributed by atoms with Gasteiger partial charge in [0, 0.05) is 34.2 Å². The van der Waals surface area contributed by atoms with Crippen molar-refractivity contribution < 1.29 is 0 Å². The molecule has 2 bridgehead atoms. The van der Waals surface area contributed by atoms with Gasteiger partial charge in [-0.25, -0.2) is 0 Å². The van der Waals surface area contributed by atoms with Crippen LogP contribution in [0.1, 0.15) is 50.3 Å². The lowest BCUT2D eigenvalue weighted by Gasteiger charge is -2.36. The van der Waals surface area contributed by atoms with Crippen molar-refractivity contribution in [3.05, 3.63) is 58.1 Å². The van der Waals surface area contributed by atoms with E-state index in [4.69, 9.17) is 0 Å². The van der Waals surface area contributed by atoms with Crippen molar-refractivity contribution in [2.45, 2.75) is 44.4 Å².